The molecular weight excluding hydrogens is 444 g/mol. The number of nitrogens with zero attached hydrogens (tertiary/aromatic N) is 4. The van der Waals surface area contributed by atoms with Gasteiger partial charge in [-0.3, -0.25) is 14.6 Å². The number of benzene rings is 1. The van der Waals surface area contributed by atoms with E-state index in [-0.39, 0.29) is 29.8 Å². The van der Waals surface area contributed by atoms with Crippen molar-refractivity contribution in [3.63, 3.8) is 0 Å². The average molecular weight is 479 g/mol. The molecule has 2 amide bonds. The van der Waals surface area contributed by atoms with Crippen LogP contribution in [0, 0.1) is 5.92 Å². The van der Waals surface area contributed by atoms with Crippen molar-refractivity contribution in [3.8, 4) is 5.75 Å². The largest absolute Gasteiger partial charge is 0.497 e. The molecule has 2 aromatic rings. The van der Waals surface area contributed by atoms with Crippen LogP contribution in [0.15, 0.2) is 48.8 Å². The summed E-state index contributed by atoms with van der Waals surface area (Å²) in [4.78, 5) is 36.5. The lowest BCUT2D eigenvalue weighted by Gasteiger charge is -2.39. The fourth-order valence-corrected chi connectivity index (χ4v) is 5.35. The number of carbonyl (C=O) groups excluding carboxylic acids is 2. The van der Waals surface area contributed by atoms with E-state index in [1.54, 1.807) is 19.5 Å². The number of piperazine rings is 1. The Hall–Kier alpha value is -3.17. The maximum atomic E-state index is 13.2. The van der Waals surface area contributed by atoms with Crippen LogP contribution in [0.25, 0.3) is 0 Å². The summed E-state index contributed by atoms with van der Waals surface area (Å²) in [6, 6.07) is 11.9. The second kappa shape index (κ2) is 10.6. The number of aromatic nitrogens is 1. The van der Waals surface area contributed by atoms with Crippen LogP contribution in [-0.2, 0) is 9.59 Å². The summed E-state index contributed by atoms with van der Waals surface area (Å²) in [5.41, 5.74) is 8.65. The molecule has 35 heavy (non-hydrogen) atoms. The second-order valence-corrected chi connectivity index (χ2v) is 9.52. The van der Waals surface area contributed by atoms with E-state index in [0.717, 1.165) is 56.0 Å². The SMILES string of the molecule is COc1cccc(N2CCN(C(=O)C3CCN(C(=O)C4CC(c5ccncc5)NN4)CC3)CC2)c1. The summed E-state index contributed by atoms with van der Waals surface area (Å²) in [7, 11) is 1.68. The zero-order valence-electron chi connectivity index (χ0n) is 20.2. The van der Waals surface area contributed by atoms with E-state index >= 15 is 0 Å². The Balaban J connectivity index is 1.08. The molecule has 0 aliphatic carbocycles. The number of methoxy groups -OCH3 is 1. The predicted octanol–water partition coefficient (Wildman–Crippen LogP) is 1.59. The van der Waals surface area contributed by atoms with Gasteiger partial charge in [-0.1, -0.05) is 6.07 Å². The predicted molar refractivity (Wildman–Crippen MR) is 133 cm³/mol. The van der Waals surface area contributed by atoms with Crippen LogP contribution < -0.4 is 20.5 Å². The van der Waals surface area contributed by atoms with Crippen LogP contribution >= 0.6 is 0 Å². The minimum Gasteiger partial charge on any atom is -0.497 e. The number of piperidine rings is 1. The van der Waals surface area contributed by atoms with Gasteiger partial charge in [0, 0.05) is 75.4 Å². The molecule has 0 spiro atoms. The summed E-state index contributed by atoms with van der Waals surface area (Å²) in [6.45, 7) is 4.35. The fraction of sp³-hybridized carbons (Fsp3) is 0.500. The number of carbonyl (C=O) groups is 2. The standard InChI is InChI=1S/C26H34N6O3/c1-35-22-4-2-3-21(17-22)30-13-15-32(16-14-30)25(33)20-7-11-31(12-8-20)26(34)24-18-23(28-29-24)19-5-9-27-10-6-19/h2-6,9-10,17,20,23-24,28-29H,7-8,11-16,18H2,1H3. The van der Waals surface area contributed by atoms with Crippen LogP contribution in [-0.4, -0.2) is 79.0 Å². The van der Waals surface area contributed by atoms with Crippen molar-refractivity contribution in [1.82, 2.24) is 25.6 Å². The molecule has 3 saturated heterocycles. The molecule has 4 heterocycles. The van der Waals surface area contributed by atoms with Crippen LogP contribution in [0.4, 0.5) is 5.69 Å². The second-order valence-electron chi connectivity index (χ2n) is 9.52. The Bertz CT molecular complexity index is 1020. The van der Waals surface area contributed by atoms with Gasteiger partial charge in [-0.25, -0.2) is 10.9 Å². The van der Waals surface area contributed by atoms with Crippen molar-refractivity contribution in [1.29, 1.82) is 0 Å². The van der Waals surface area contributed by atoms with Crippen LogP contribution in [0.3, 0.4) is 0 Å². The first-order chi connectivity index (χ1) is 17.1. The molecular formula is C26H34N6O3. The number of hydrogen-bond acceptors (Lipinski definition) is 7. The van der Waals surface area contributed by atoms with E-state index in [4.69, 9.17) is 4.74 Å². The maximum Gasteiger partial charge on any atom is 0.241 e. The summed E-state index contributed by atoms with van der Waals surface area (Å²) in [5.74, 6) is 1.20. The summed E-state index contributed by atoms with van der Waals surface area (Å²) < 4.78 is 5.34. The fourth-order valence-electron chi connectivity index (χ4n) is 5.35. The van der Waals surface area contributed by atoms with Gasteiger partial charge >= 0.3 is 0 Å². The summed E-state index contributed by atoms with van der Waals surface area (Å²) >= 11 is 0. The van der Waals surface area contributed by atoms with Crippen molar-refractivity contribution >= 4 is 17.5 Å². The van der Waals surface area contributed by atoms with Crippen LogP contribution in [0.2, 0.25) is 0 Å². The first-order valence-corrected chi connectivity index (χ1v) is 12.5. The number of amides is 2. The highest BCUT2D eigenvalue weighted by molar-refractivity contribution is 5.83. The Kier molecular flexibility index (Phi) is 7.15. The van der Waals surface area contributed by atoms with Gasteiger partial charge in [-0.05, 0) is 49.1 Å². The number of ether oxygens (including phenoxy) is 1. The molecule has 2 unspecified atom stereocenters. The minimum absolute atomic E-state index is 0.00153. The maximum absolute atomic E-state index is 13.2. The van der Waals surface area contributed by atoms with Gasteiger partial charge in [-0.2, -0.15) is 0 Å². The van der Waals surface area contributed by atoms with Gasteiger partial charge in [0.15, 0.2) is 0 Å². The normalized spacial score (nSPS) is 23.4. The summed E-state index contributed by atoms with van der Waals surface area (Å²) in [6.07, 6.45) is 5.71. The van der Waals surface area contributed by atoms with Crippen LogP contribution in [0.5, 0.6) is 5.75 Å². The van der Waals surface area contributed by atoms with Gasteiger partial charge in [0.05, 0.1) is 7.11 Å². The smallest absolute Gasteiger partial charge is 0.241 e. The first-order valence-electron chi connectivity index (χ1n) is 12.5. The molecule has 0 bridgehead atoms. The van der Waals surface area contributed by atoms with E-state index in [1.807, 2.05) is 40.1 Å². The first kappa shape index (κ1) is 23.6. The Labute approximate surface area is 206 Å². The van der Waals surface area contributed by atoms with E-state index in [9.17, 15) is 9.59 Å². The van der Waals surface area contributed by atoms with E-state index in [2.05, 4.69) is 26.8 Å². The third-order valence-corrected chi connectivity index (χ3v) is 7.48. The molecule has 3 aliphatic rings. The molecule has 3 aliphatic heterocycles. The molecule has 9 heteroatoms. The number of rotatable bonds is 5. The van der Waals surface area contributed by atoms with Crippen molar-refractivity contribution in [2.45, 2.75) is 31.3 Å². The lowest BCUT2D eigenvalue weighted by atomic mass is 9.94. The minimum atomic E-state index is -0.245. The molecule has 1 aromatic heterocycles. The number of anilines is 1. The molecule has 2 N–H and O–H groups in total. The average Bonchev–Trinajstić information content (AvgIpc) is 3.43. The number of hydrazine groups is 1. The van der Waals surface area contributed by atoms with E-state index < -0.39 is 0 Å². The molecule has 1 aromatic carbocycles. The van der Waals surface area contributed by atoms with Gasteiger partial charge in [0.2, 0.25) is 11.8 Å². The molecule has 9 nitrogen and oxygen atoms in total. The zero-order valence-corrected chi connectivity index (χ0v) is 20.2. The van der Waals surface area contributed by atoms with Crippen molar-refractivity contribution in [3.05, 3.63) is 54.4 Å². The highest BCUT2D eigenvalue weighted by Crippen LogP contribution is 2.26. The molecule has 5 rings (SSSR count). The van der Waals surface area contributed by atoms with Crippen LogP contribution in [0.1, 0.15) is 30.9 Å². The highest BCUT2D eigenvalue weighted by Gasteiger charge is 2.36. The zero-order chi connectivity index (χ0) is 24.2. The monoisotopic (exact) mass is 478 g/mol. The lowest BCUT2D eigenvalue weighted by molar-refractivity contribution is -0.141. The molecule has 3 fully saturated rings. The van der Waals surface area contributed by atoms with Crippen molar-refractivity contribution in [2.75, 3.05) is 51.3 Å². The quantitative estimate of drug-likeness (QED) is 0.675. The third kappa shape index (κ3) is 5.26. The Morgan fingerprint density at radius 1 is 0.914 bits per heavy atom. The van der Waals surface area contributed by atoms with Crippen molar-refractivity contribution in [2.24, 2.45) is 5.92 Å². The third-order valence-electron chi connectivity index (χ3n) is 7.48. The topological polar surface area (TPSA) is 90.0 Å². The Morgan fingerprint density at radius 3 is 2.34 bits per heavy atom. The van der Waals surface area contributed by atoms with E-state index in [0.29, 0.717) is 19.5 Å². The van der Waals surface area contributed by atoms with Gasteiger partial charge in [0.25, 0.3) is 0 Å². The molecule has 0 radical (unpaired) electrons. The molecule has 0 saturated carbocycles. The highest BCUT2D eigenvalue weighted by atomic mass is 16.5. The van der Waals surface area contributed by atoms with Gasteiger partial charge < -0.3 is 19.4 Å². The number of likely N-dealkylation sites (tertiary alicyclic amines) is 1. The number of pyridine rings is 1. The molecule has 186 valence electrons. The van der Waals surface area contributed by atoms with E-state index in [1.165, 1.54) is 0 Å². The molecule has 2 atom stereocenters. The lowest BCUT2D eigenvalue weighted by Crippen LogP contribution is -2.53. The van der Waals surface area contributed by atoms with Gasteiger partial charge in [0.1, 0.15) is 11.8 Å². The number of nitrogens with one attached hydrogen (secondary N) is 2. The summed E-state index contributed by atoms with van der Waals surface area (Å²) in [5, 5.41) is 0. The van der Waals surface area contributed by atoms with Crippen molar-refractivity contribution < 1.29 is 14.3 Å². The Morgan fingerprint density at radius 2 is 1.63 bits per heavy atom. The van der Waals surface area contributed by atoms with Gasteiger partial charge in [-0.15, -0.1) is 0 Å². The number of hydrogen-bond donors (Lipinski definition) is 2.